The van der Waals surface area contributed by atoms with Gasteiger partial charge < -0.3 is 9.64 Å². The lowest BCUT2D eigenvalue weighted by Crippen LogP contribution is -2.23. The highest BCUT2D eigenvalue weighted by Gasteiger charge is 2.24. The van der Waals surface area contributed by atoms with Gasteiger partial charge in [0.1, 0.15) is 0 Å². The third-order valence-electron chi connectivity index (χ3n) is 3.24. The minimum Gasteiger partial charge on any atom is -0.391 e. The van der Waals surface area contributed by atoms with Crippen LogP contribution in [0.5, 0.6) is 6.01 Å². The SMILES string of the molecule is CN(C)C=Nc1nc(OC(=O)C2CCCCC2)ncc1F. The second-order valence-electron chi connectivity index (χ2n) is 5.29. The first kappa shape index (κ1) is 15.3. The lowest BCUT2D eigenvalue weighted by Gasteiger charge is -2.19. The van der Waals surface area contributed by atoms with Crippen LogP contribution in [0.15, 0.2) is 11.2 Å². The molecule has 0 radical (unpaired) electrons. The van der Waals surface area contributed by atoms with Gasteiger partial charge in [-0.3, -0.25) is 4.79 Å². The molecule has 0 bridgehead atoms. The van der Waals surface area contributed by atoms with Crippen LogP contribution in [0.3, 0.4) is 0 Å². The summed E-state index contributed by atoms with van der Waals surface area (Å²) in [4.78, 5) is 25.0. The number of aliphatic imine (C=N–C) groups is 1. The quantitative estimate of drug-likeness (QED) is 0.484. The van der Waals surface area contributed by atoms with Crippen LogP contribution >= 0.6 is 0 Å². The summed E-state index contributed by atoms with van der Waals surface area (Å²) in [7, 11) is 3.51. The molecular weight excluding hydrogens is 275 g/mol. The molecule has 0 spiro atoms. The van der Waals surface area contributed by atoms with E-state index in [1.165, 1.54) is 6.34 Å². The van der Waals surface area contributed by atoms with E-state index in [1.54, 1.807) is 19.0 Å². The van der Waals surface area contributed by atoms with E-state index in [9.17, 15) is 9.18 Å². The van der Waals surface area contributed by atoms with E-state index in [0.717, 1.165) is 38.3 Å². The Hall–Kier alpha value is -2.05. The number of rotatable bonds is 4. The number of carbonyl (C=O) groups is 1. The molecule has 0 aromatic carbocycles. The maximum absolute atomic E-state index is 13.5. The fourth-order valence-electron chi connectivity index (χ4n) is 2.16. The van der Waals surface area contributed by atoms with Crippen molar-refractivity contribution < 1.29 is 13.9 Å². The molecule has 1 aliphatic rings. The summed E-state index contributed by atoms with van der Waals surface area (Å²) in [6.07, 6.45) is 7.24. The van der Waals surface area contributed by atoms with Gasteiger partial charge in [0, 0.05) is 14.1 Å². The van der Waals surface area contributed by atoms with Gasteiger partial charge in [-0.05, 0) is 12.8 Å². The van der Waals surface area contributed by atoms with Crippen LogP contribution in [0.4, 0.5) is 10.2 Å². The highest BCUT2D eigenvalue weighted by atomic mass is 19.1. The largest absolute Gasteiger partial charge is 0.391 e. The van der Waals surface area contributed by atoms with Gasteiger partial charge in [0.25, 0.3) is 0 Å². The number of hydrogen-bond donors (Lipinski definition) is 0. The molecule has 114 valence electrons. The van der Waals surface area contributed by atoms with Gasteiger partial charge >= 0.3 is 12.0 Å². The number of carbonyl (C=O) groups excluding carboxylic acids is 1. The minimum atomic E-state index is -0.662. The maximum atomic E-state index is 13.5. The van der Waals surface area contributed by atoms with Gasteiger partial charge in [0.2, 0.25) is 0 Å². The predicted molar refractivity (Wildman–Crippen MR) is 76.0 cm³/mol. The summed E-state index contributed by atoms with van der Waals surface area (Å²) >= 11 is 0. The average Bonchev–Trinajstić information content (AvgIpc) is 2.48. The molecule has 1 heterocycles. The van der Waals surface area contributed by atoms with Crippen LogP contribution in [0.25, 0.3) is 0 Å². The first-order valence-electron chi connectivity index (χ1n) is 7.01. The molecule has 1 fully saturated rings. The first-order chi connectivity index (χ1) is 10.1. The van der Waals surface area contributed by atoms with Gasteiger partial charge in [-0.1, -0.05) is 19.3 Å². The molecule has 2 rings (SSSR count). The topological polar surface area (TPSA) is 67.7 Å². The fourth-order valence-corrected chi connectivity index (χ4v) is 2.16. The second kappa shape index (κ2) is 7.10. The molecule has 7 heteroatoms. The maximum Gasteiger partial charge on any atom is 0.326 e. The van der Waals surface area contributed by atoms with Crippen molar-refractivity contribution in [2.45, 2.75) is 32.1 Å². The fraction of sp³-hybridized carbons (Fsp3) is 0.571. The molecule has 0 atom stereocenters. The van der Waals surface area contributed by atoms with Crippen LogP contribution in [0.2, 0.25) is 0 Å². The Bertz CT molecular complexity index is 528. The molecule has 0 amide bonds. The summed E-state index contributed by atoms with van der Waals surface area (Å²) in [6, 6.07) is -0.155. The van der Waals surface area contributed by atoms with Crippen molar-refractivity contribution in [3.63, 3.8) is 0 Å². The molecule has 0 aliphatic heterocycles. The van der Waals surface area contributed by atoms with E-state index in [0.29, 0.717) is 0 Å². The lowest BCUT2D eigenvalue weighted by molar-refractivity contribution is -0.140. The number of nitrogens with zero attached hydrogens (tertiary/aromatic N) is 4. The van der Waals surface area contributed by atoms with Crippen LogP contribution in [0, 0.1) is 11.7 Å². The van der Waals surface area contributed by atoms with Crippen LogP contribution < -0.4 is 4.74 Å². The zero-order valence-corrected chi connectivity index (χ0v) is 12.3. The molecular formula is C14H19FN4O2. The Morgan fingerprint density at radius 1 is 1.43 bits per heavy atom. The molecule has 1 aromatic heterocycles. The normalized spacial score (nSPS) is 16.1. The standard InChI is InChI=1S/C14H19FN4O2/c1-19(2)9-17-12-11(15)8-16-14(18-12)21-13(20)10-6-4-3-5-7-10/h8-10H,3-7H2,1-2H3. The molecule has 0 unspecified atom stereocenters. The van der Waals surface area contributed by atoms with Crippen LogP contribution in [-0.4, -0.2) is 41.3 Å². The van der Waals surface area contributed by atoms with Crippen molar-refractivity contribution in [1.82, 2.24) is 14.9 Å². The van der Waals surface area contributed by atoms with Crippen molar-refractivity contribution in [3.05, 3.63) is 12.0 Å². The number of esters is 1. The Balaban J connectivity index is 2.06. The minimum absolute atomic E-state index is 0.110. The molecule has 1 saturated carbocycles. The smallest absolute Gasteiger partial charge is 0.326 e. The van der Waals surface area contributed by atoms with Crippen molar-refractivity contribution >= 4 is 18.1 Å². The van der Waals surface area contributed by atoms with E-state index in [-0.39, 0.29) is 23.7 Å². The molecule has 21 heavy (non-hydrogen) atoms. The summed E-state index contributed by atoms with van der Waals surface area (Å²) < 4.78 is 18.7. The van der Waals surface area contributed by atoms with Crippen LogP contribution in [-0.2, 0) is 4.79 Å². The van der Waals surface area contributed by atoms with Crippen molar-refractivity contribution in [3.8, 4) is 6.01 Å². The van der Waals surface area contributed by atoms with Gasteiger partial charge in [0.15, 0.2) is 11.6 Å². The number of ether oxygens (including phenoxy) is 1. The zero-order chi connectivity index (χ0) is 15.2. The van der Waals surface area contributed by atoms with E-state index >= 15 is 0 Å². The van der Waals surface area contributed by atoms with Crippen molar-refractivity contribution in [2.75, 3.05) is 14.1 Å². The highest BCUT2D eigenvalue weighted by molar-refractivity contribution is 5.74. The summed E-state index contributed by atoms with van der Waals surface area (Å²) in [6.45, 7) is 0. The van der Waals surface area contributed by atoms with E-state index in [2.05, 4.69) is 15.0 Å². The summed E-state index contributed by atoms with van der Waals surface area (Å²) in [5, 5.41) is 0. The van der Waals surface area contributed by atoms with Crippen molar-refractivity contribution in [2.24, 2.45) is 10.9 Å². The molecule has 0 saturated heterocycles. The monoisotopic (exact) mass is 294 g/mol. The number of halogens is 1. The number of hydrogen-bond acceptors (Lipinski definition) is 5. The third kappa shape index (κ3) is 4.47. The summed E-state index contributed by atoms with van der Waals surface area (Å²) in [5.41, 5.74) is 0. The predicted octanol–water partition coefficient (Wildman–Crippen LogP) is 2.32. The Kier molecular flexibility index (Phi) is 5.19. The van der Waals surface area contributed by atoms with Gasteiger partial charge in [-0.15, -0.1) is 0 Å². The zero-order valence-electron chi connectivity index (χ0n) is 12.3. The average molecular weight is 294 g/mol. The van der Waals surface area contributed by atoms with Gasteiger partial charge in [0.05, 0.1) is 18.5 Å². The van der Waals surface area contributed by atoms with Crippen LogP contribution in [0.1, 0.15) is 32.1 Å². The molecule has 1 aliphatic carbocycles. The van der Waals surface area contributed by atoms with E-state index in [1.807, 2.05) is 0 Å². The lowest BCUT2D eigenvalue weighted by atomic mass is 9.89. The third-order valence-corrected chi connectivity index (χ3v) is 3.24. The second-order valence-corrected chi connectivity index (χ2v) is 5.29. The Morgan fingerprint density at radius 2 is 2.14 bits per heavy atom. The molecule has 0 N–H and O–H groups in total. The van der Waals surface area contributed by atoms with Gasteiger partial charge in [-0.25, -0.2) is 14.4 Å². The first-order valence-corrected chi connectivity index (χ1v) is 7.01. The van der Waals surface area contributed by atoms with E-state index in [4.69, 9.17) is 4.74 Å². The molecule has 6 nitrogen and oxygen atoms in total. The Morgan fingerprint density at radius 3 is 2.81 bits per heavy atom. The number of aromatic nitrogens is 2. The Labute approximate surface area is 123 Å². The van der Waals surface area contributed by atoms with Crippen molar-refractivity contribution in [1.29, 1.82) is 0 Å². The summed E-state index contributed by atoms with van der Waals surface area (Å²) in [5.74, 6) is -1.26. The molecule has 1 aromatic rings. The van der Waals surface area contributed by atoms with Gasteiger partial charge in [-0.2, -0.15) is 4.98 Å². The van der Waals surface area contributed by atoms with E-state index < -0.39 is 5.82 Å². The highest BCUT2D eigenvalue weighted by Crippen LogP contribution is 2.25.